The van der Waals surface area contributed by atoms with Crippen LogP contribution in [0.5, 0.6) is 0 Å². The van der Waals surface area contributed by atoms with E-state index in [9.17, 15) is 4.79 Å². The number of nitrogens with one attached hydrogen (secondary N) is 1. The van der Waals surface area contributed by atoms with Crippen LogP contribution in [0.1, 0.15) is 29.8 Å². The molecule has 0 bridgehead atoms. The second kappa shape index (κ2) is 4.91. The SMILES string of the molecule is Cc1cc(C)n2c1C=C1C=CC(CCC(=O)NN)=[N+]1[B-]2(F)F. The monoisotopic (exact) mass is 306 g/mol. The van der Waals surface area contributed by atoms with Crippen LogP contribution in [-0.4, -0.2) is 27.6 Å². The highest BCUT2D eigenvalue weighted by Crippen LogP contribution is 2.34. The van der Waals surface area contributed by atoms with E-state index in [1.54, 1.807) is 31.2 Å². The van der Waals surface area contributed by atoms with Crippen molar-refractivity contribution in [2.45, 2.75) is 26.7 Å². The number of amides is 1. The number of aryl methyl sites for hydroxylation is 2. The molecule has 3 rings (SSSR count). The molecule has 22 heavy (non-hydrogen) atoms. The Hall–Kier alpha value is -2.22. The van der Waals surface area contributed by atoms with Gasteiger partial charge in [-0.05, 0) is 31.2 Å². The van der Waals surface area contributed by atoms with Crippen LogP contribution in [0.25, 0.3) is 6.08 Å². The molecular weight excluding hydrogens is 289 g/mol. The topological polar surface area (TPSA) is 63.1 Å². The summed E-state index contributed by atoms with van der Waals surface area (Å²) in [7, 11) is 0. The Balaban J connectivity index is 2.07. The van der Waals surface area contributed by atoms with Crippen molar-refractivity contribution in [3.8, 4) is 0 Å². The zero-order chi connectivity index (χ0) is 16.1. The maximum Gasteiger partial charge on any atom is 0.737 e. The van der Waals surface area contributed by atoms with Gasteiger partial charge in [0.15, 0.2) is 5.70 Å². The van der Waals surface area contributed by atoms with Crippen molar-refractivity contribution in [3.63, 3.8) is 0 Å². The van der Waals surface area contributed by atoms with Crippen LogP contribution in [0.2, 0.25) is 0 Å². The minimum Gasteiger partial charge on any atom is -0.394 e. The fraction of sp³-hybridized carbons (Fsp3) is 0.286. The first kappa shape index (κ1) is 14.7. The molecule has 0 aliphatic carbocycles. The van der Waals surface area contributed by atoms with Gasteiger partial charge in [-0.3, -0.25) is 10.2 Å². The van der Waals surface area contributed by atoms with Crippen molar-refractivity contribution in [1.82, 2.24) is 9.90 Å². The van der Waals surface area contributed by atoms with Gasteiger partial charge in [0.25, 0.3) is 0 Å². The molecule has 3 N–H and O–H groups in total. The van der Waals surface area contributed by atoms with Crippen molar-refractivity contribution >= 4 is 24.7 Å². The zero-order valence-electron chi connectivity index (χ0n) is 12.4. The van der Waals surface area contributed by atoms with Gasteiger partial charge in [-0.2, -0.15) is 0 Å². The van der Waals surface area contributed by atoms with Crippen LogP contribution in [0.15, 0.2) is 23.9 Å². The maximum atomic E-state index is 15.0. The Morgan fingerprint density at radius 2 is 2.14 bits per heavy atom. The lowest BCUT2D eigenvalue weighted by Gasteiger charge is -2.30. The van der Waals surface area contributed by atoms with Gasteiger partial charge < -0.3 is 17.6 Å². The Morgan fingerprint density at radius 3 is 2.82 bits per heavy atom. The number of fused-ring (bicyclic) bond motifs is 2. The van der Waals surface area contributed by atoms with E-state index in [0.29, 0.717) is 22.8 Å². The molecule has 0 radical (unpaired) electrons. The molecule has 1 aromatic rings. The van der Waals surface area contributed by atoms with E-state index in [4.69, 9.17) is 5.84 Å². The number of hydrogen-bond acceptors (Lipinski definition) is 2. The lowest BCUT2D eigenvalue weighted by atomic mass is 9.90. The molecule has 116 valence electrons. The lowest BCUT2D eigenvalue weighted by molar-refractivity contribution is -0.362. The second-order valence-corrected chi connectivity index (χ2v) is 5.64. The van der Waals surface area contributed by atoms with Crippen LogP contribution >= 0.6 is 0 Å². The molecule has 0 fully saturated rings. The highest BCUT2D eigenvalue weighted by molar-refractivity contribution is 6.58. The summed E-state index contributed by atoms with van der Waals surface area (Å²) in [5, 5.41) is 0. The molecule has 0 atom stereocenters. The minimum atomic E-state index is -3.96. The summed E-state index contributed by atoms with van der Waals surface area (Å²) in [5.41, 5.74) is 4.80. The molecule has 1 aromatic heterocycles. The predicted octanol–water partition coefficient (Wildman–Crippen LogP) is 1.48. The number of aromatic nitrogens is 1. The molecular formula is C14H17BF2N4O. The van der Waals surface area contributed by atoms with E-state index in [-0.39, 0.29) is 18.7 Å². The summed E-state index contributed by atoms with van der Waals surface area (Å²) in [6.45, 7) is -0.458. The third kappa shape index (κ3) is 2.02. The molecule has 1 amide bonds. The highest BCUT2D eigenvalue weighted by Gasteiger charge is 2.52. The summed E-state index contributed by atoms with van der Waals surface area (Å²) in [4.78, 5) is 11.3. The van der Waals surface area contributed by atoms with E-state index >= 15 is 8.63 Å². The largest absolute Gasteiger partial charge is 0.737 e. The minimum absolute atomic E-state index is 0.0721. The standard InChI is InChI=1S/C14H17BF2N4O/c1-9-7-10(2)20-13(9)8-12-4-3-11(5-6-14(22)19-18)21(12)15(20,16)17/h3-4,7-8H,5-6,18H2,1-2H3,(H,19,22). The average Bonchev–Trinajstić information content (AvgIpc) is 2.99. The first-order chi connectivity index (χ1) is 10.4. The number of halogens is 2. The van der Waals surface area contributed by atoms with Gasteiger partial charge in [-0.15, -0.1) is 0 Å². The average molecular weight is 306 g/mol. The third-order valence-electron chi connectivity index (χ3n) is 4.18. The normalized spacial score (nSPS) is 18.1. The number of nitrogens with two attached hydrogens (primary N) is 1. The van der Waals surface area contributed by atoms with Gasteiger partial charge in [0.1, 0.15) is 5.71 Å². The Labute approximate surface area is 126 Å². The second-order valence-electron chi connectivity index (χ2n) is 5.64. The molecule has 0 unspecified atom stereocenters. The van der Waals surface area contributed by atoms with Gasteiger partial charge in [-0.1, -0.05) is 0 Å². The van der Waals surface area contributed by atoms with Gasteiger partial charge in [0, 0.05) is 36.8 Å². The van der Waals surface area contributed by atoms with Crippen molar-refractivity contribution < 1.29 is 17.9 Å². The number of nitrogens with zero attached hydrogens (tertiary/aromatic N) is 2. The molecule has 5 nitrogen and oxygen atoms in total. The summed E-state index contributed by atoms with van der Waals surface area (Å²) in [6, 6.07) is 1.76. The van der Waals surface area contributed by atoms with E-state index in [2.05, 4.69) is 0 Å². The quantitative estimate of drug-likeness (QED) is 0.384. The van der Waals surface area contributed by atoms with Gasteiger partial charge in [-0.25, -0.2) is 5.84 Å². The predicted molar refractivity (Wildman–Crippen MR) is 81.2 cm³/mol. The molecule has 0 saturated carbocycles. The van der Waals surface area contributed by atoms with Crippen LogP contribution in [0, 0.1) is 13.8 Å². The van der Waals surface area contributed by atoms with E-state index in [1.807, 2.05) is 12.3 Å². The number of allylic oxidation sites excluding steroid dienone is 2. The Kier molecular flexibility index (Phi) is 3.28. The summed E-state index contributed by atoms with van der Waals surface area (Å²) in [5.74, 6) is 4.65. The van der Waals surface area contributed by atoms with Crippen LogP contribution < -0.4 is 11.3 Å². The Bertz CT molecular complexity index is 761. The van der Waals surface area contributed by atoms with E-state index in [0.717, 1.165) is 14.5 Å². The molecule has 0 spiro atoms. The number of rotatable bonds is 3. The molecule has 2 aliphatic heterocycles. The fourth-order valence-corrected chi connectivity index (χ4v) is 3.21. The van der Waals surface area contributed by atoms with Gasteiger partial charge in [0.2, 0.25) is 5.91 Å². The summed E-state index contributed by atoms with van der Waals surface area (Å²) >= 11 is 0. The van der Waals surface area contributed by atoms with Gasteiger partial charge >= 0.3 is 6.97 Å². The fourth-order valence-electron chi connectivity index (χ4n) is 3.21. The third-order valence-corrected chi connectivity index (χ3v) is 4.18. The maximum absolute atomic E-state index is 15.0. The van der Waals surface area contributed by atoms with Crippen molar-refractivity contribution in [2.75, 3.05) is 0 Å². The first-order valence-electron chi connectivity index (χ1n) is 7.11. The van der Waals surface area contributed by atoms with E-state index < -0.39 is 6.97 Å². The first-order valence-corrected chi connectivity index (χ1v) is 7.11. The van der Waals surface area contributed by atoms with Crippen LogP contribution in [-0.2, 0) is 4.79 Å². The van der Waals surface area contributed by atoms with Crippen molar-refractivity contribution in [2.24, 2.45) is 5.84 Å². The molecule has 2 aliphatic rings. The smallest absolute Gasteiger partial charge is 0.394 e. The lowest BCUT2D eigenvalue weighted by Crippen LogP contribution is -2.50. The number of carbonyl (C=O) groups excluding carboxylic acids is 1. The number of hydrogen-bond donors (Lipinski definition) is 2. The molecule has 0 aromatic carbocycles. The summed E-state index contributed by atoms with van der Waals surface area (Å²) in [6.07, 6.45) is 5.35. The number of hydrazine groups is 1. The van der Waals surface area contributed by atoms with E-state index in [1.165, 1.54) is 0 Å². The highest BCUT2D eigenvalue weighted by atomic mass is 19.2. The van der Waals surface area contributed by atoms with Gasteiger partial charge in [0.05, 0.1) is 0 Å². The molecule has 0 saturated heterocycles. The van der Waals surface area contributed by atoms with Crippen LogP contribution in [0.3, 0.4) is 0 Å². The Morgan fingerprint density at radius 1 is 1.41 bits per heavy atom. The molecule has 3 heterocycles. The van der Waals surface area contributed by atoms with Crippen molar-refractivity contribution in [3.05, 3.63) is 40.9 Å². The zero-order valence-corrected chi connectivity index (χ0v) is 12.4. The molecule has 8 heteroatoms. The van der Waals surface area contributed by atoms with Crippen molar-refractivity contribution in [1.29, 1.82) is 0 Å². The summed E-state index contributed by atoms with van der Waals surface area (Å²) < 4.78 is 32.2. The van der Waals surface area contributed by atoms with Crippen LogP contribution in [0.4, 0.5) is 8.63 Å². The number of carbonyl (C=O) groups is 1.